The van der Waals surface area contributed by atoms with Crippen molar-refractivity contribution in [2.24, 2.45) is 0 Å². The maximum atomic E-state index is 10.9. The first-order valence-electron chi connectivity index (χ1n) is 4.97. The van der Waals surface area contributed by atoms with Crippen LogP contribution in [0.5, 0.6) is 0 Å². The molecule has 0 spiro atoms. The Hall–Kier alpha value is -1.93. The number of benzene rings is 1. The van der Waals surface area contributed by atoms with Gasteiger partial charge in [0.1, 0.15) is 6.20 Å². The van der Waals surface area contributed by atoms with Crippen molar-refractivity contribution in [2.45, 2.75) is 0 Å². The molecule has 2 rings (SSSR count). The second-order valence-electron chi connectivity index (χ2n) is 3.45. The summed E-state index contributed by atoms with van der Waals surface area (Å²) in [7, 11) is 0. The lowest BCUT2D eigenvalue weighted by atomic mass is 10.3. The minimum Gasteiger partial charge on any atom is -0.368 e. The van der Waals surface area contributed by atoms with E-state index in [-0.39, 0.29) is 17.5 Å². The molecule has 7 nitrogen and oxygen atoms in total. The van der Waals surface area contributed by atoms with Gasteiger partial charge in [-0.3, -0.25) is 10.1 Å². The number of hydrogen-bond donors (Lipinski definition) is 2. The maximum absolute atomic E-state index is 10.9. The van der Waals surface area contributed by atoms with Crippen molar-refractivity contribution in [1.29, 1.82) is 0 Å². The van der Waals surface area contributed by atoms with E-state index >= 15 is 0 Å². The first kappa shape index (κ1) is 13.5. The fourth-order valence-electron chi connectivity index (χ4n) is 1.34. The third-order valence-electron chi connectivity index (χ3n) is 2.19. The number of nitrogens with two attached hydrogens (primary N) is 1. The summed E-state index contributed by atoms with van der Waals surface area (Å²) in [5.74, 6) is -0.0632. The Bertz CT molecular complexity index is 652. The summed E-state index contributed by atoms with van der Waals surface area (Å²) in [5.41, 5.74) is 5.69. The molecule has 0 saturated carbocycles. The molecule has 3 N–H and O–H groups in total. The number of aromatic nitrogens is 2. The van der Waals surface area contributed by atoms with E-state index in [2.05, 4.69) is 31.2 Å². The second kappa shape index (κ2) is 5.37. The van der Waals surface area contributed by atoms with Gasteiger partial charge in [0.05, 0.1) is 20.1 Å². The molecule has 0 aliphatic carbocycles. The highest BCUT2D eigenvalue weighted by atomic mass is 79.9. The van der Waals surface area contributed by atoms with E-state index < -0.39 is 4.92 Å². The van der Waals surface area contributed by atoms with Crippen LogP contribution >= 0.6 is 27.5 Å². The van der Waals surface area contributed by atoms with Gasteiger partial charge in [0.15, 0.2) is 0 Å². The fourth-order valence-corrected chi connectivity index (χ4v) is 1.88. The third kappa shape index (κ3) is 2.91. The molecular weight excluding hydrogens is 337 g/mol. The van der Waals surface area contributed by atoms with Crippen LogP contribution in [0.15, 0.2) is 28.9 Å². The Kier molecular flexibility index (Phi) is 3.82. The van der Waals surface area contributed by atoms with E-state index in [4.69, 9.17) is 17.3 Å². The number of nitrogen functional groups attached to an aromatic ring is 1. The van der Waals surface area contributed by atoms with Gasteiger partial charge in [-0.15, -0.1) is 0 Å². The van der Waals surface area contributed by atoms with Crippen molar-refractivity contribution in [1.82, 2.24) is 9.97 Å². The predicted octanol–water partition coefficient (Wildman–Crippen LogP) is 3.13. The van der Waals surface area contributed by atoms with E-state index in [0.717, 1.165) is 6.20 Å². The Morgan fingerprint density at radius 1 is 1.47 bits per heavy atom. The Balaban J connectivity index is 2.45. The molecule has 0 atom stereocenters. The zero-order valence-corrected chi connectivity index (χ0v) is 11.6. The summed E-state index contributed by atoms with van der Waals surface area (Å²) in [6, 6.07) is 5.07. The van der Waals surface area contributed by atoms with Crippen molar-refractivity contribution in [2.75, 3.05) is 11.1 Å². The van der Waals surface area contributed by atoms with Crippen LogP contribution in [0.25, 0.3) is 0 Å². The van der Waals surface area contributed by atoms with Crippen LogP contribution in [0.3, 0.4) is 0 Å². The predicted molar refractivity (Wildman–Crippen MR) is 75.5 cm³/mol. The molecule has 1 aromatic carbocycles. The lowest BCUT2D eigenvalue weighted by Crippen LogP contribution is -2.04. The van der Waals surface area contributed by atoms with E-state index in [0.29, 0.717) is 15.2 Å². The third-order valence-corrected chi connectivity index (χ3v) is 3.59. The highest BCUT2D eigenvalue weighted by molar-refractivity contribution is 9.10. The number of nitrogens with one attached hydrogen (secondary N) is 1. The average molecular weight is 345 g/mol. The molecule has 0 bridgehead atoms. The van der Waals surface area contributed by atoms with Gasteiger partial charge in [-0.25, -0.2) is 4.98 Å². The minimum atomic E-state index is -0.597. The number of hydrogen-bond acceptors (Lipinski definition) is 6. The summed E-state index contributed by atoms with van der Waals surface area (Å²) in [6.45, 7) is 0. The molecule has 0 amide bonds. The molecule has 9 heteroatoms. The molecule has 1 heterocycles. The molecule has 2 aromatic rings. The summed E-state index contributed by atoms with van der Waals surface area (Å²) < 4.78 is 0.572. The normalized spacial score (nSPS) is 10.2. The Morgan fingerprint density at radius 2 is 2.21 bits per heavy atom. The van der Waals surface area contributed by atoms with Gasteiger partial charge in [-0.2, -0.15) is 4.98 Å². The molecule has 1 aromatic heterocycles. The topological polar surface area (TPSA) is 107 Å². The zero-order chi connectivity index (χ0) is 14.0. The molecule has 0 unspecified atom stereocenters. The van der Waals surface area contributed by atoms with Crippen molar-refractivity contribution < 1.29 is 4.92 Å². The van der Waals surface area contributed by atoms with Crippen LogP contribution in [-0.2, 0) is 0 Å². The van der Waals surface area contributed by atoms with Gasteiger partial charge >= 0.3 is 5.69 Å². The summed E-state index contributed by atoms with van der Waals surface area (Å²) in [4.78, 5) is 17.7. The lowest BCUT2D eigenvalue weighted by Gasteiger charge is -2.09. The number of nitrogens with zero attached hydrogens (tertiary/aromatic N) is 3. The van der Waals surface area contributed by atoms with Gasteiger partial charge in [0, 0.05) is 0 Å². The molecule has 19 heavy (non-hydrogen) atoms. The van der Waals surface area contributed by atoms with Crippen LogP contribution in [-0.4, -0.2) is 14.9 Å². The Morgan fingerprint density at radius 3 is 2.89 bits per heavy atom. The number of halogens is 2. The summed E-state index contributed by atoms with van der Waals surface area (Å²) in [6.07, 6.45) is 1.04. The van der Waals surface area contributed by atoms with E-state index in [1.54, 1.807) is 18.2 Å². The summed E-state index contributed by atoms with van der Waals surface area (Å²) in [5, 5.41) is 14.1. The van der Waals surface area contributed by atoms with Crippen LogP contribution in [0.4, 0.5) is 23.1 Å². The number of anilines is 3. The fraction of sp³-hybridized carbons (Fsp3) is 0. The van der Waals surface area contributed by atoms with Gasteiger partial charge in [-0.05, 0) is 28.1 Å². The molecular formula is C10H7BrClN5O2. The van der Waals surface area contributed by atoms with Gasteiger partial charge < -0.3 is 11.1 Å². The largest absolute Gasteiger partial charge is 0.368 e. The molecule has 0 aliphatic heterocycles. The number of nitro groups is 1. The smallest absolute Gasteiger partial charge is 0.329 e. The quantitative estimate of drug-likeness (QED) is 0.654. The van der Waals surface area contributed by atoms with E-state index in [9.17, 15) is 10.1 Å². The highest BCUT2D eigenvalue weighted by Gasteiger charge is 2.18. The molecule has 0 aliphatic rings. The maximum Gasteiger partial charge on any atom is 0.329 e. The van der Waals surface area contributed by atoms with Crippen molar-refractivity contribution >= 4 is 50.7 Å². The first-order valence-corrected chi connectivity index (χ1v) is 6.14. The van der Waals surface area contributed by atoms with Crippen molar-refractivity contribution in [3.8, 4) is 0 Å². The molecule has 98 valence electrons. The molecule has 0 saturated heterocycles. The standard InChI is InChI=1S/C10H7BrClN5O2/c11-8-5(12)2-1-3-6(8)15-9-7(17(18)19)4-14-10(13)16-9/h1-4H,(H3,13,14,15,16). The minimum absolute atomic E-state index is 0.000432. The molecule has 0 radical (unpaired) electrons. The Labute approximate surface area is 121 Å². The zero-order valence-electron chi connectivity index (χ0n) is 9.30. The van der Waals surface area contributed by atoms with Crippen molar-refractivity contribution in [3.05, 3.63) is 44.0 Å². The second-order valence-corrected chi connectivity index (χ2v) is 4.65. The molecule has 0 fully saturated rings. The van der Waals surface area contributed by atoms with Crippen LogP contribution in [0, 0.1) is 10.1 Å². The lowest BCUT2D eigenvalue weighted by molar-refractivity contribution is -0.384. The SMILES string of the molecule is Nc1ncc([N+](=O)[O-])c(Nc2cccc(Cl)c2Br)n1. The van der Waals surface area contributed by atoms with Gasteiger partial charge in [0.2, 0.25) is 11.8 Å². The van der Waals surface area contributed by atoms with E-state index in [1.165, 1.54) is 0 Å². The van der Waals surface area contributed by atoms with Crippen LogP contribution in [0.2, 0.25) is 5.02 Å². The van der Waals surface area contributed by atoms with Gasteiger partial charge in [0.25, 0.3) is 0 Å². The monoisotopic (exact) mass is 343 g/mol. The van der Waals surface area contributed by atoms with E-state index in [1.807, 2.05) is 0 Å². The number of rotatable bonds is 3. The van der Waals surface area contributed by atoms with Crippen LogP contribution in [0.1, 0.15) is 0 Å². The summed E-state index contributed by atoms with van der Waals surface area (Å²) >= 11 is 9.21. The van der Waals surface area contributed by atoms with Crippen LogP contribution < -0.4 is 11.1 Å². The van der Waals surface area contributed by atoms with Gasteiger partial charge in [-0.1, -0.05) is 17.7 Å². The average Bonchev–Trinajstić information content (AvgIpc) is 2.35. The highest BCUT2D eigenvalue weighted by Crippen LogP contribution is 2.33. The first-order chi connectivity index (χ1) is 8.99. The van der Waals surface area contributed by atoms with Crippen molar-refractivity contribution in [3.63, 3.8) is 0 Å².